The van der Waals surface area contributed by atoms with Gasteiger partial charge in [-0.05, 0) is 75.1 Å². The second-order valence-corrected chi connectivity index (χ2v) is 9.31. The Hall–Kier alpha value is -2.86. The van der Waals surface area contributed by atoms with Gasteiger partial charge >= 0.3 is 0 Å². The van der Waals surface area contributed by atoms with Gasteiger partial charge in [-0.3, -0.25) is 14.9 Å². The number of nitrogens with zero attached hydrogens (tertiary/aromatic N) is 1. The van der Waals surface area contributed by atoms with Crippen LogP contribution in [-0.2, 0) is 9.59 Å². The molecule has 0 aliphatic carbocycles. The van der Waals surface area contributed by atoms with E-state index in [1.165, 1.54) is 11.8 Å². The SMILES string of the molecule is Cc1cc(C)cc(NC(=O)C(C)(C)SC2=N/C(=C/c3ccccc3C)C(=O)N2)c1. The minimum atomic E-state index is -0.818. The third-order valence-electron chi connectivity index (χ3n) is 4.53. The molecule has 1 aliphatic heterocycles. The van der Waals surface area contributed by atoms with Gasteiger partial charge in [0.15, 0.2) is 5.17 Å². The Morgan fingerprint density at radius 2 is 1.76 bits per heavy atom. The molecule has 0 spiro atoms. The molecule has 0 unspecified atom stereocenters. The lowest BCUT2D eigenvalue weighted by Gasteiger charge is -2.22. The number of aryl methyl sites for hydroxylation is 3. The average molecular weight is 408 g/mol. The van der Waals surface area contributed by atoms with Crippen LogP contribution in [0.2, 0.25) is 0 Å². The van der Waals surface area contributed by atoms with E-state index in [2.05, 4.69) is 21.7 Å². The van der Waals surface area contributed by atoms with Gasteiger partial charge in [0.05, 0.1) is 4.75 Å². The zero-order chi connectivity index (χ0) is 21.2. The van der Waals surface area contributed by atoms with Crippen LogP contribution >= 0.6 is 11.8 Å². The van der Waals surface area contributed by atoms with Crippen molar-refractivity contribution in [2.45, 2.75) is 39.4 Å². The van der Waals surface area contributed by atoms with E-state index >= 15 is 0 Å². The van der Waals surface area contributed by atoms with E-state index < -0.39 is 4.75 Å². The summed E-state index contributed by atoms with van der Waals surface area (Å²) < 4.78 is -0.818. The molecule has 0 aromatic heterocycles. The summed E-state index contributed by atoms with van der Waals surface area (Å²) in [6.45, 7) is 9.60. The molecule has 0 atom stereocenters. The van der Waals surface area contributed by atoms with E-state index in [0.717, 1.165) is 27.9 Å². The maximum atomic E-state index is 12.8. The van der Waals surface area contributed by atoms with Crippen LogP contribution in [-0.4, -0.2) is 21.7 Å². The van der Waals surface area contributed by atoms with Crippen LogP contribution in [0.1, 0.15) is 36.1 Å². The number of rotatable bonds is 4. The summed E-state index contributed by atoms with van der Waals surface area (Å²) >= 11 is 1.23. The average Bonchev–Trinajstić information content (AvgIpc) is 2.94. The third kappa shape index (κ3) is 5.15. The quantitative estimate of drug-likeness (QED) is 0.728. The van der Waals surface area contributed by atoms with Crippen molar-refractivity contribution in [2.24, 2.45) is 4.99 Å². The second kappa shape index (κ2) is 8.25. The minimum Gasteiger partial charge on any atom is -0.325 e. The Morgan fingerprint density at radius 3 is 2.41 bits per heavy atom. The lowest BCUT2D eigenvalue weighted by Crippen LogP contribution is -2.37. The Bertz CT molecular complexity index is 1020. The summed E-state index contributed by atoms with van der Waals surface area (Å²) in [6, 6.07) is 13.7. The van der Waals surface area contributed by atoms with E-state index in [4.69, 9.17) is 0 Å². The van der Waals surface area contributed by atoms with E-state index in [9.17, 15) is 9.59 Å². The first-order valence-electron chi connectivity index (χ1n) is 9.40. The van der Waals surface area contributed by atoms with E-state index in [1.54, 1.807) is 6.08 Å². The van der Waals surface area contributed by atoms with Gasteiger partial charge in [-0.1, -0.05) is 42.1 Å². The Morgan fingerprint density at radius 1 is 1.10 bits per heavy atom. The molecule has 2 N–H and O–H groups in total. The van der Waals surface area contributed by atoms with Crippen LogP contribution < -0.4 is 10.6 Å². The fourth-order valence-electron chi connectivity index (χ4n) is 3.01. The summed E-state index contributed by atoms with van der Waals surface area (Å²) in [7, 11) is 0. The van der Waals surface area contributed by atoms with E-state index in [-0.39, 0.29) is 11.8 Å². The van der Waals surface area contributed by atoms with Crippen LogP contribution in [0.3, 0.4) is 0 Å². The molecule has 1 heterocycles. The molecule has 0 fully saturated rings. The van der Waals surface area contributed by atoms with Crippen molar-refractivity contribution in [1.82, 2.24) is 5.32 Å². The van der Waals surface area contributed by atoms with Crippen molar-refractivity contribution < 1.29 is 9.59 Å². The molecule has 3 rings (SSSR count). The summed E-state index contributed by atoms with van der Waals surface area (Å²) in [5.74, 6) is -0.415. The standard InChI is InChI=1S/C23H25N3O2S/c1-14-10-15(2)12-18(11-14)24-21(28)23(4,5)29-22-25-19(20(27)26-22)13-17-9-7-6-8-16(17)3/h6-13H,1-5H3,(H,24,28)(H,25,26,27)/b19-13+. The number of thioether (sulfide) groups is 1. The number of carbonyl (C=O) groups is 2. The lowest BCUT2D eigenvalue weighted by molar-refractivity contribution is -0.118. The van der Waals surface area contributed by atoms with Gasteiger partial charge < -0.3 is 5.32 Å². The monoisotopic (exact) mass is 407 g/mol. The Kier molecular flexibility index (Phi) is 5.94. The number of aliphatic imine (C=N–C) groups is 1. The number of hydrogen-bond acceptors (Lipinski definition) is 4. The molecular weight excluding hydrogens is 382 g/mol. The highest BCUT2D eigenvalue weighted by molar-refractivity contribution is 8.15. The van der Waals surface area contributed by atoms with Gasteiger partial charge in [0.25, 0.3) is 5.91 Å². The molecule has 29 heavy (non-hydrogen) atoms. The number of benzene rings is 2. The van der Waals surface area contributed by atoms with Gasteiger partial charge in [0.2, 0.25) is 5.91 Å². The largest absolute Gasteiger partial charge is 0.325 e. The molecule has 2 aromatic carbocycles. The fourth-order valence-corrected chi connectivity index (χ4v) is 3.92. The first-order chi connectivity index (χ1) is 13.6. The number of nitrogens with one attached hydrogen (secondary N) is 2. The first kappa shape index (κ1) is 20.9. The topological polar surface area (TPSA) is 70.6 Å². The van der Waals surface area contributed by atoms with Crippen molar-refractivity contribution in [3.8, 4) is 0 Å². The smallest absolute Gasteiger partial charge is 0.275 e. The lowest BCUT2D eigenvalue weighted by atomic mass is 10.1. The van der Waals surface area contributed by atoms with Crippen molar-refractivity contribution >= 4 is 40.5 Å². The van der Waals surface area contributed by atoms with Gasteiger partial charge in [-0.25, -0.2) is 4.99 Å². The van der Waals surface area contributed by atoms with Crippen molar-refractivity contribution in [3.05, 3.63) is 70.4 Å². The Balaban J connectivity index is 1.74. The number of amidine groups is 1. The molecule has 2 aromatic rings. The highest BCUT2D eigenvalue weighted by Gasteiger charge is 2.33. The normalized spacial score (nSPS) is 15.3. The predicted molar refractivity (Wildman–Crippen MR) is 121 cm³/mol. The second-order valence-electron chi connectivity index (χ2n) is 7.70. The molecule has 2 amide bonds. The molecule has 1 aliphatic rings. The van der Waals surface area contributed by atoms with Crippen molar-refractivity contribution in [3.63, 3.8) is 0 Å². The summed E-state index contributed by atoms with van der Waals surface area (Å²) in [5, 5.41) is 6.15. The van der Waals surface area contributed by atoms with E-state index in [0.29, 0.717) is 10.9 Å². The molecule has 0 bridgehead atoms. The highest BCUT2D eigenvalue weighted by Crippen LogP contribution is 2.30. The summed E-state index contributed by atoms with van der Waals surface area (Å²) in [6.07, 6.45) is 1.76. The maximum Gasteiger partial charge on any atom is 0.275 e. The first-order valence-corrected chi connectivity index (χ1v) is 10.2. The maximum absolute atomic E-state index is 12.8. The van der Waals surface area contributed by atoms with Crippen LogP contribution in [0.25, 0.3) is 6.08 Å². The fraction of sp³-hybridized carbons (Fsp3) is 0.261. The van der Waals surface area contributed by atoms with Gasteiger partial charge in [-0.2, -0.15) is 0 Å². The third-order valence-corrected chi connectivity index (χ3v) is 5.62. The minimum absolute atomic E-state index is 0.152. The number of anilines is 1. The van der Waals surface area contributed by atoms with Crippen LogP contribution in [0.15, 0.2) is 53.2 Å². The zero-order valence-corrected chi connectivity index (χ0v) is 18.1. The number of carbonyl (C=O) groups excluding carboxylic acids is 2. The van der Waals surface area contributed by atoms with Crippen molar-refractivity contribution in [2.75, 3.05) is 5.32 Å². The van der Waals surface area contributed by atoms with Crippen LogP contribution in [0, 0.1) is 20.8 Å². The van der Waals surface area contributed by atoms with Gasteiger partial charge in [0.1, 0.15) is 5.70 Å². The number of amides is 2. The zero-order valence-electron chi connectivity index (χ0n) is 17.3. The van der Waals surface area contributed by atoms with Gasteiger partial charge in [-0.15, -0.1) is 0 Å². The molecule has 0 saturated carbocycles. The molecule has 5 nitrogen and oxygen atoms in total. The predicted octanol–water partition coefficient (Wildman–Crippen LogP) is 4.59. The highest BCUT2D eigenvalue weighted by atomic mass is 32.2. The molecule has 0 radical (unpaired) electrons. The molecule has 0 saturated heterocycles. The van der Waals surface area contributed by atoms with E-state index in [1.807, 2.05) is 71.0 Å². The molecule has 6 heteroatoms. The summed E-state index contributed by atoms with van der Waals surface area (Å²) in [4.78, 5) is 29.6. The van der Waals surface area contributed by atoms with Crippen molar-refractivity contribution in [1.29, 1.82) is 0 Å². The Labute approximate surface area is 175 Å². The molecular formula is C23H25N3O2S. The number of hydrogen-bond donors (Lipinski definition) is 2. The van der Waals surface area contributed by atoms with Gasteiger partial charge in [0, 0.05) is 5.69 Å². The molecule has 150 valence electrons. The van der Waals surface area contributed by atoms with Crippen LogP contribution in [0.5, 0.6) is 0 Å². The summed E-state index contributed by atoms with van der Waals surface area (Å²) in [5.41, 5.74) is 5.29. The van der Waals surface area contributed by atoms with Crippen LogP contribution in [0.4, 0.5) is 5.69 Å².